The van der Waals surface area contributed by atoms with E-state index in [9.17, 15) is 19.8 Å². The first-order chi connectivity index (χ1) is 14.5. The van der Waals surface area contributed by atoms with E-state index in [1.807, 2.05) is 0 Å². The standard InChI is InChI=1S/C22H41NO7/c1-2-3-4-5-6-7-8-9-10-11-12-13-20(26)30-22-17(14-19(25)23-28)16-29-18(15-24)21(22)27/h17-18,21-22,24,27-28H,2-16H2,1H3,(H,23,25)/t17-,18+,21+,22+/m0/s1. The molecule has 0 radical (unpaired) electrons. The highest BCUT2D eigenvalue weighted by atomic mass is 16.6. The second-order valence-corrected chi connectivity index (χ2v) is 8.28. The van der Waals surface area contributed by atoms with Crippen molar-refractivity contribution in [1.82, 2.24) is 5.48 Å². The molecule has 8 nitrogen and oxygen atoms in total. The van der Waals surface area contributed by atoms with Crippen LogP contribution in [-0.4, -0.2) is 58.8 Å². The smallest absolute Gasteiger partial charge is 0.306 e. The lowest BCUT2D eigenvalue weighted by Gasteiger charge is -2.38. The van der Waals surface area contributed by atoms with E-state index in [0.29, 0.717) is 0 Å². The minimum absolute atomic E-state index is 0.0477. The number of aliphatic hydroxyl groups is 2. The highest BCUT2D eigenvalue weighted by molar-refractivity contribution is 5.75. The van der Waals surface area contributed by atoms with Gasteiger partial charge in [-0.15, -0.1) is 0 Å². The maximum absolute atomic E-state index is 12.2. The average molecular weight is 432 g/mol. The van der Waals surface area contributed by atoms with Crippen LogP contribution in [0.3, 0.4) is 0 Å². The third-order valence-corrected chi connectivity index (χ3v) is 5.71. The van der Waals surface area contributed by atoms with Crippen LogP contribution in [0.2, 0.25) is 0 Å². The van der Waals surface area contributed by atoms with Gasteiger partial charge in [0.2, 0.25) is 5.91 Å². The highest BCUT2D eigenvalue weighted by Gasteiger charge is 2.42. The maximum Gasteiger partial charge on any atom is 0.306 e. The number of ether oxygens (including phenoxy) is 2. The van der Waals surface area contributed by atoms with Gasteiger partial charge in [0.1, 0.15) is 18.3 Å². The number of aliphatic hydroxyl groups excluding tert-OH is 2. The SMILES string of the molecule is CCCCCCCCCCCCCC(=O)O[C@@H]1[C@@H](CC(=O)NO)CO[C@H](CO)[C@H]1O. The molecule has 0 aromatic rings. The molecule has 1 fully saturated rings. The summed E-state index contributed by atoms with van der Waals surface area (Å²) in [4.78, 5) is 23.7. The van der Waals surface area contributed by atoms with Crippen molar-refractivity contribution in [1.29, 1.82) is 0 Å². The Morgan fingerprint density at radius 3 is 2.10 bits per heavy atom. The van der Waals surface area contributed by atoms with Crippen LogP contribution in [0.1, 0.15) is 90.4 Å². The summed E-state index contributed by atoms with van der Waals surface area (Å²) < 4.78 is 10.8. The third kappa shape index (κ3) is 10.7. The molecule has 4 N–H and O–H groups in total. The van der Waals surface area contributed by atoms with Gasteiger partial charge in [-0.3, -0.25) is 14.8 Å². The Kier molecular flexibility index (Phi) is 14.7. The Labute approximate surface area is 180 Å². The van der Waals surface area contributed by atoms with Crippen molar-refractivity contribution in [3.8, 4) is 0 Å². The minimum atomic E-state index is -1.22. The summed E-state index contributed by atoms with van der Waals surface area (Å²) >= 11 is 0. The normalized spacial score (nSPS) is 23.9. The lowest BCUT2D eigenvalue weighted by molar-refractivity contribution is -0.200. The summed E-state index contributed by atoms with van der Waals surface area (Å²) in [7, 11) is 0. The molecular weight excluding hydrogens is 390 g/mol. The molecule has 0 unspecified atom stereocenters. The van der Waals surface area contributed by atoms with Crippen LogP contribution in [0, 0.1) is 5.92 Å². The molecule has 0 aliphatic carbocycles. The number of carbonyl (C=O) groups is 2. The molecule has 1 saturated heterocycles. The lowest BCUT2D eigenvalue weighted by Crippen LogP contribution is -2.54. The fraction of sp³-hybridized carbons (Fsp3) is 0.909. The van der Waals surface area contributed by atoms with Gasteiger partial charge in [0, 0.05) is 18.8 Å². The number of rotatable bonds is 16. The van der Waals surface area contributed by atoms with Crippen molar-refractivity contribution in [3.05, 3.63) is 0 Å². The summed E-state index contributed by atoms with van der Waals surface area (Å²) in [6.07, 6.45) is 10.1. The molecule has 1 aliphatic rings. The molecular formula is C22H41NO7. The molecule has 0 aromatic heterocycles. The number of hydrogen-bond donors (Lipinski definition) is 4. The number of unbranched alkanes of at least 4 members (excludes halogenated alkanes) is 10. The number of hydrogen-bond acceptors (Lipinski definition) is 7. The fourth-order valence-corrected chi connectivity index (χ4v) is 3.86. The first kappa shape index (κ1) is 26.8. The predicted molar refractivity (Wildman–Crippen MR) is 112 cm³/mol. The van der Waals surface area contributed by atoms with Gasteiger partial charge in [0.25, 0.3) is 0 Å². The number of hydroxylamine groups is 1. The summed E-state index contributed by atoms with van der Waals surface area (Å²) in [5.41, 5.74) is 1.54. The summed E-state index contributed by atoms with van der Waals surface area (Å²) in [6.45, 7) is 1.86. The van der Waals surface area contributed by atoms with Crippen LogP contribution in [0.15, 0.2) is 0 Å². The first-order valence-electron chi connectivity index (χ1n) is 11.6. The maximum atomic E-state index is 12.2. The van der Waals surface area contributed by atoms with Crippen molar-refractivity contribution in [3.63, 3.8) is 0 Å². The number of nitrogens with one attached hydrogen (secondary N) is 1. The molecule has 1 aliphatic heterocycles. The van der Waals surface area contributed by atoms with Gasteiger partial charge in [-0.2, -0.15) is 0 Å². The van der Waals surface area contributed by atoms with Gasteiger partial charge >= 0.3 is 5.97 Å². The topological polar surface area (TPSA) is 125 Å². The number of amides is 1. The van der Waals surface area contributed by atoms with Crippen LogP contribution in [-0.2, 0) is 19.1 Å². The zero-order valence-electron chi connectivity index (χ0n) is 18.4. The minimum Gasteiger partial charge on any atom is -0.459 e. The molecule has 0 spiro atoms. The summed E-state index contributed by atoms with van der Waals surface area (Å²) in [5.74, 6) is -1.66. The molecule has 176 valence electrons. The van der Waals surface area contributed by atoms with Gasteiger partial charge < -0.3 is 19.7 Å². The molecule has 0 aromatic carbocycles. The van der Waals surface area contributed by atoms with E-state index in [1.54, 1.807) is 0 Å². The Morgan fingerprint density at radius 2 is 1.57 bits per heavy atom. The number of esters is 1. The zero-order chi connectivity index (χ0) is 22.2. The third-order valence-electron chi connectivity index (χ3n) is 5.71. The summed E-state index contributed by atoms with van der Waals surface area (Å²) in [5, 5.41) is 28.4. The van der Waals surface area contributed by atoms with Crippen LogP contribution < -0.4 is 5.48 Å². The number of carbonyl (C=O) groups excluding carboxylic acids is 2. The quantitative estimate of drug-likeness (QED) is 0.128. The average Bonchev–Trinajstić information content (AvgIpc) is 2.74. The van der Waals surface area contributed by atoms with E-state index < -0.39 is 42.7 Å². The van der Waals surface area contributed by atoms with Crippen molar-refractivity contribution < 1.29 is 34.5 Å². The molecule has 30 heavy (non-hydrogen) atoms. The molecule has 0 saturated carbocycles. The monoisotopic (exact) mass is 431 g/mol. The van der Waals surface area contributed by atoms with Gasteiger partial charge in [-0.05, 0) is 6.42 Å². The molecule has 0 bridgehead atoms. The van der Waals surface area contributed by atoms with Crippen molar-refractivity contribution in [2.24, 2.45) is 5.92 Å². The predicted octanol–water partition coefficient (Wildman–Crippen LogP) is 2.86. The van der Waals surface area contributed by atoms with E-state index in [4.69, 9.17) is 14.7 Å². The largest absolute Gasteiger partial charge is 0.459 e. The Morgan fingerprint density at radius 1 is 1.00 bits per heavy atom. The van der Waals surface area contributed by atoms with E-state index in [1.165, 1.54) is 56.8 Å². The second kappa shape index (κ2) is 16.5. The Bertz CT molecular complexity index is 474. The lowest BCUT2D eigenvalue weighted by atomic mass is 9.89. The van der Waals surface area contributed by atoms with Crippen LogP contribution >= 0.6 is 0 Å². The van der Waals surface area contributed by atoms with Crippen LogP contribution in [0.5, 0.6) is 0 Å². The first-order valence-corrected chi connectivity index (χ1v) is 11.6. The van der Waals surface area contributed by atoms with Gasteiger partial charge in [0.15, 0.2) is 0 Å². The Hall–Kier alpha value is -1.22. The fourth-order valence-electron chi connectivity index (χ4n) is 3.86. The summed E-state index contributed by atoms with van der Waals surface area (Å²) in [6, 6.07) is 0. The highest BCUT2D eigenvalue weighted by Crippen LogP contribution is 2.26. The van der Waals surface area contributed by atoms with Crippen molar-refractivity contribution in [2.45, 2.75) is 109 Å². The van der Waals surface area contributed by atoms with E-state index in [0.717, 1.165) is 19.3 Å². The van der Waals surface area contributed by atoms with Crippen LogP contribution in [0.25, 0.3) is 0 Å². The van der Waals surface area contributed by atoms with Crippen molar-refractivity contribution >= 4 is 11.9 Å². The zero-order valence-corrected chi connectivity index (χ0v) is 18.4. The van der Waals surface area contributed by atoms with Gasteiger partial charge in [-0.1, -0.05) is 71.1 Å². The molecule has 1 heterocycles. The van der Waals surface area contributed by atoms with E-state index >= 15 is 0 Å². The molecule has 4 atom stereocenters. The molecule has 1 amide bonds. The van der Waals surface area contributed by atoms with Gasteiger partial charge in [0.05, 0.1) is 13.2 Å². The Balaban J connectivity index is 2.24. The van der Waals surface area contributed by atoms with E-state index in [-0.39, 0.29) is 19.4 Å². The van der Waals surface area contributed by atoms with Gasteiger partial charge in [-0.25, -0.2) is 5.48 Å². The van der Waals surface area contributed by atoms with Crippen LogP contribution in [0.4, 0.5) is 0 Å². The van der Waals surface area contributed by atoms with E-state index in [2.05, 4.69) is 6.92 Å². The van der Waals surface area contributed by atoms with Crippen molar-refractivity contribution in [2.75, 3.05) is 13.2 Å². The molecule has 1 rings (SSSR count). The second-order valence-electron chi connectivity index (χ2n) is 8.28. The molecule has 8 heteroatoms.